The lowest BCUT2D eigenvalue weighted by Gasteiger charge is -2.16. The Bertz CT molecular complexity index is 674. The number of aliphatic carboxylic acids is 1. The molecule has 8 heteroatoms. The summed E-state index contributed by atoms with van der Waals surface area (Å²) in [5.41, 5.74) is 0.314. The van der Waals surface area contributed by atoms with Crippen LogP contribution < -0.4 is 4.90 Å². The Morgan fingerprint density at radius 3 is 2.21 bits per heavy atom. The smallest absolute Gasteiger partial charge is 0.333 e. The Labute approximate surface area is 108 Å². The van der Waals surface area contributed by atoms with E-state index in [-0.39, 0.29) is 17.0 Å². The zero-order chi connectivity index (χ0) is 14.2. The molecule has 1 heterocycles. The lowest BCUT2D eigenvalue weighted by atomic mass is 10.2. The van der Waals surface area contributed by atoms with Crippen LogP contribution in [0.1, 0.15) is 0 Å². The number of carboxylic acid groups (broad SMARTS) is 1. The molecule has 0 saturated carbocycles. The predicted molar refractivity (Wildman–Crippen MR) is 64.3 cm³/mol. The van der Waals surface area contributed by atoms with Crippen LogP contribution in [0.3, 0.4) is 0 Å². The first-order valence-electron chi connectivity index (χ1n) is 5.12. The summed E-state index contributed by atoms with van der Waals surface area (Å²) in [6.07, 6.45) is 1.01. The van der Waals surface area contributed by atoms with Crippen LogP contribution in [-0.2, 0) is 19.7 Å². The van der Waals surface area contributed by atoms with E-state index in [1.165, 1.54) is 17.0 Å². The summed E-state index contributed by atoms with van der Waals surface area (Å²) >= 11 is 0. The second-order valence-corrected chi connectivity index (χ2v) is 5.29. The van der Waals surface area contributed by atoms with E-state index in [9.17, 15) is 18.0 Å². The van der Waals surface area contributed by atoms with Gasteiger partial charge in [0.2, 0.25) is 0 Å². The van der Waals surface area contributed by atoms with Gasteiger partial charge in [-0.15, -0.1) is 0 Å². The lowest BCUT2D eigenvalue weighted by molar-refractivity contribution is -0.132. The molecule has 7 nitrogen and oxygen atoms in total. The molecule has 2 N–H and O–H groups in total. The van der Waals surface area contributed by atoms with Gasteiger partial charge in [-0.1, -0.05) is 0 Å². The van der Waals surface area contributed by atoms with Gasteiger partial charge in [0, 0.05) is 11.8 Å². The average Bonchev–Trinajstić information content (AvgIpc) is 2.70. The normalized spacial score (nSPS) is 15.5. The Kier molecular flexibility index (Phi) is 3.13. The summed E-state index contributed by atoms with van der Waals surface area (Å²) in [6.45, 7) is -0.0839. The first-order valence-corrected chi connectivity index (χ1v) is 6.56. The molecule has 1 aromatic rings. The van der Waals surface area contributed by atoms with Crippen LogP contribution in [0.2, 0.25) is 0 Å². The number of hydrogen-bond acceptors (Lipinski definition) is 4. The van der Waals surface area contributed by atoms with E-state index in [1.54, 1.807) is 0 Å². The van der Waals surface area contributed by atoms with Crippen molar-refractivity contribution in [3.05, 3.63) is 35.9 Å². The highest BCUT2D eigenvalue weighted by atomic mass is 32.2. The van der Waals surface area contributed by atoms with Crippen molar-refractivity contribution in [2.24, 2.45) is 0 Å². The van der Waals surface area contributed by atoms with Crippen LogP contribution in [-0.4, -0.2) is 36.5 Å². The molecule has 1 amide bonds. The van der Waals surface area contributed by atoms with Crippen molar-refractivity contribution in [2.75, 3.05) is 11.4 Å². The average molecular weight is 283 g/mol. The SMILES string of the molecule is O=C(O)C1=CC(=O)N(c2ccc(S(=O)(=O)O)cc2)C1. The molecular weight excluding hydrogens is 274 g/mol. The van der Waals surface area contributed by atoms with E-state index in [1.807, 2.05) is 0 Å². The fourth-order valence-electron chi connectivity index (χ4n) is 1.67. The summed E-state index contributed by atoms with van der Waals surface area (Å²) in [5.74, 6) is -1.66. The zero-order valence-electron chi connectivity index (χ0n) is 9.48. The van der Waals surface area contributed by atoms with Crippen molar-refractivity contribution in [3.63, 3.8) is 0 Å². The number of carbonyl (C=O) groups is 2. The number of benzene rings is 1. The fraction of sp³-hybridized carbons (Fsp3) is 0.0909. The molecule has 0 fully saturated rings. The molecule has 100 valence electrons. The summed E-state index contributed by atoms with van der Waals surface area (Å²) in [6, 6.07) is 4.91. The molecule has 0 unspecified atom stereocenters. The quantitative estimate of drug-likeness (QED) is 0.771. The van der Waals surface area contributed by atoms with Crippen molar-refractivity contribution in [2.45, 2.75) is 4.90 Å². The minimum Gasteiger partial charge on any atom is -0.478 e. The highest BCUT2D eigenvalue weighted by Gasteiger charge is 2.26. The van der Waals surface area contributed by atoms with Crippen molar-refractivity contribution in [1.29, 1.82) is 0 Å². The maximum absolute atomic E-state index is 11.6. The van der Waals surface area contributed by atoms with Crippen LogP contribution in [0, 0.1) is 0 Å². The second kappa shape index (κ2) is 4.48. The second-order valence-electron chi connectivity index (χ2n) is 3.87. The molecule has 0 aliphatic carbocycles. The molecule has 1 aliphatic rings. The number of amides is 1. The molecule has 0 aromatic heterocycles. The first-order chi connectivity index (χ1) is 8.79. The Hall–Kier alpha value is -2.19. The zero-order valence-corrected chi connectivity index (χ0v) is 10.3. The maximum atomic E-state index is 11.6. The van der Waals surface area contributed by atoms with Gasteiger partial charge in [0.05, 0.1) is 17.0 Å². The Morgan fingerprint density at radius 2 is 1.79 bits per heavy atom. The number of hydrogen-bond donors (Lipinski definition) is 2. The van der Waals surface area contributed by atoms with Crippen molar-refractivity contribution < 1.29 is 27.7 Å². The number of rotatable bonds is 3. The third kappa shape index (κ3) is 2.64. The standard InChI is InChI=1S/C11H9NO6S/c13-10-5-7(11(14)15)6-12(10)8-1-3-9(4-2-8)19(16,17)18/h1-5H,6H2,(H,14,15)(H,16,17,18). The molecule has 0 atom stereocenters. The number of carboxylic acids is 1. The maximum Gasteiger partial charge on any atom is 0.333 e. The van der Waals surface area contributed by atoms with Crippen molar-refractivity contribution >= 4 is 27.7 Å². The van der Waals surface area contributed by atoms with Gasteiger partial charge in [0.15, 0.2) is 0 Å². The van der Waals surface area contributed by atoms with E-state index in [4.69, 9.17) is 9.66 Å². The van der Waals surface area contributed by atoms with Gasteiger partial charge in [-0.25, -0.2) is 4.79 Å². The third-order valence-electron chi connectivity index (χ3n) is 2.61. The predicted octanol–water partition coefficient (Wildman–Crippen LogP) is 0.291. The first kappa shape index (κ1) is 13.2. The molecule has 0 bridgehead atoms. The summed E-state index contributed by atoms with van der Waals surface area (Å²) in [7, 11) is -4.29. The molecule has 0 saturated heterocycles. The van der Waals surface area contributed by atoms with Gasteiger partial charge in [0.1, 0.15) is 0 Å². The number of anilines is 1. The van der Waals surface area contributed by atoms with Gasteiger partial charge >= 0.3 is 5.97 Å². The van der Waals surface area contributed by atoms with Gasteiger partial charge in [-0.05, 0) is 24.3 Å². The lowest BCUT2D eigenvalue weighted by Crippen LogP contribution is -2.26. The molecule has 19 heavy (non-hydrogen) atoms. The summed E-state index contributed by atoms with van der Waals surface area (Å²) in [5, 5.41) is 8.79. The molecule has 1 aliphatic heterocycles. The minimum absolute atomic E-state index is 0.0381. The topological polar surface area (TPSA) is 112 Å². The van der Waals surface area contributed by atoms with Crippen LogP contribution in [0.4, 0.5) is 5.69 Å². The van der Waals surface area contributed by atoms with E-state index in [0.29, 0.717) is 5.69 Å². The van der Waals surface area contributed by atoms with Gasteiger partial charge in [0.25, 0.3) is 16.0 Å². The van der Waals surface area contributed by atoms with E-state index >= 15 is 0 Å². The molecule has 2 rings (SSSR count). The largest absolute Gasteiger partial charge is 0.478 e. The molecule has 0 radical (unpaired) electrons. The molecular formula is C11H9NO6S. The number of carbonyl (C=O) groups excluding carboxylic acids is 1. The Balaban J connectivity index is 2.26. The molecule has 1 aromatic carbocycles. The third-order valence-corrected chi connectivity index (χ3v) is 3.48. The van der Waals surface area contributed by atoms with E-state index in [0.717, 1.165) is 18.2 Å². The van der Waals surface area contributed by atoms with E-state index in [2.05, 4.69) is 0 Å². The fourth-order valence-corrected chi connectivity index (χ4v) is 2.15. The molecule has 0 spiro atoms. The van der Waals surface area contributed by atoms with Gasteiger partial charge in [-0.3, -0.25) is 9.35 Å². The van der Waals surface area contributed by atoms with Gasteiger partial charge in [-0.2, -0.15) is 8.42 Å². The van der Waals surface area contributed by atoms with Crippen LogP contribution >= 0.6 is 0 Å². The highest BCUT2D eigenvalue weighted by molar-refractivity contribution is 7.85. The van der Waals surface area contributed by atoms with E-state index < -0.39 is 22.0 Å². The summed E-state index contributed by atoms with van der Waals surface area (Å²) < 4.78 is 30.5. The van der Waals surface area contributed by atoms with Gasteiger partial charge < -0.3 is 10.0 Å². The Morgan fingerprint density at radius 1 is 1.21 bits per heavy atom. The summed E-state index contributed by atoms with van der Waals surface area (Å²) in [4.78, 5) is 23.2. The number of nitrogens with zero attached hydrogens (tertiary/aromatic N) is 1. The minimum atomic E-state index is -4.29. The highest BCUT2D eigenvalue weighted by Crippen LogP contribution is 2.22. The van der Waals surface area contributed by atoms with Crippen molar-refractivity contribution in [3.8, 4) is 0 Å². The monoisotopic (exact) mass is 283 g/mol. The van der Waals surface area contributed by atoms with Crippen LogP contribution in [0.5, 0.6) is 0 Å². The van der Waals surface area contributed by atoms with Crippen LogP contribution in [0.25, 0.3) is 0 Å². The van der Waals surface area contributed by atoms with Crippen molar-refractivity contribution in [1.82, 2.24) is 0 Å². The van der Waals surface area contributed by atoms with Crippen LogP contribution in [0.15, 0.2) is 40.8 Å².